The van der Waals surface area contributed by atoms with Gasteiger partial charge in [0.2, 0.25) is 5.91 Å². The third-order valence-corrected chi connectivity index (χ3v) is 1.25. The summed E-state index contributed by atoms with van der Waals surface area (Å²) < 4.78 is 0. The van der Waals surface area contributed by atoms with E-state index in [9.17, 15) is 9.59 Å². The molecule has 1 aliphatic rings. The summed E-state index contributed by atoms with van der Waals surface area (Å²) in [4.78, 5) is 24.9. The highest BCUT2D eigenvalue weighted by Gasteiger charge is 2.16. The van der Waals surface area contributed by atoms with Gasteiger partial charge in [0.1, 0.15) is 0 Å². The highest BCUT2D eigenvalue weighted by Crippen LogP contribution is 2.00. The Hall–Kier alpha value is -1.45. The third-order valence-electron chi connectivity index (χ3n) is 1.25. The Balaban J connectivity index is 2.71. The minimum Gasteiger partial charge on any atom is -0.276 e. The van der Waals surface area contributed by atoms with Crippen LogP contribution < -0.4 is 5.32 Å². The predicted molar refractivity (Wildman–Crippen MR) is 40.4 cm³/mol. The van der Waals surface area contributed by atoms with Crippen LogP contribution in [0.3, 0.4) is 0 Å². The second-order valence-electron chi connectivity index (χ2n) is 2.20. The van der Waals surface area contributed by atoms with Crippen molar-refractivity contribution in [3.63, 3.8) is 0 Å². The first kappa shape index (κ1) is 7.65. The van der Waals surface area contributed by atoms with Crippen LogP contribution in [0.25, 0.3) is 0 Å². The number of imide groups is 1. The van der Waals surface area contributed by atoms with Gasteiger partial charge in [-0.25, -0.2) is 9.79 Å². The molecule has 4 heteroatoms. The van der Waals surface area contributed by atoms with Gasteiger partial charge in [-0.05, 0) is 0 Å². The van der Waals surface area contributed by atoms with Gasteiger partial charge in [-0.1, -0.05) is 6.08 Å². The van der Waals surface area contributed by atoms with Gasteiger partial charge in [0.05, 0.1) is 6.42 Å². The number of amides is 3. The molecular weight excluding hydrogens is 144 g/mol. The summed E-state index contributed by atoms with van der Waals surface area (Å²) in [5, 5.41) is 2.07. The number of aliphatic imine (C=N–C) groups is 1. The van der Waals surface area contributed by atoms with Crippen LogP contribution >= 0.6 is 0 Å². The zero-order chi connectivity index (χ0) is 8.27. The lowest BCUT2D eigenvalue weighted by molar-refractivity contribution is -0.118. The molecule has 11 heavy (non-hydrogen) atoms. The van der Waals surface area contributed by atoms with E-state index < -0.39 is 6.03 Å². The van der Waals surface area contributed by atoms with Crippen molar-refractivity contribution in [2.45, 2.75) is 12.8 Å². The Kier molecular flexibility index (Phi) is 2.15. The normalized spacial score (nSPS) is 17.3. The number of carbonyl (C=O) groups excluding carboxylic acids is 2. The summed E-state index contributed by atoms with van der Waals surface area (Å²) in [6.45, 7) is 3.48. The fraction of sp³-hybridized carbons (Fsp3) is 0.286. The highest BCUT2D eigenvalue weighted by molar-refractivity contribution is 6.14. The molecule has 1 N–H and O–H groups in total. The second-order valence-corrected chi connectivity index (χ2v) is 2.20. The smallest absolute Gasteiger partial charge is 0.276 e. The van der Waals surface area contributed by atoms with E-state index in [4.69, 9.17) is 0 Å². The van der Waals surface area contributed by atoms with Crippen molar-refractivity contribution in [3.8, 4) is 0 Å². The molecule has 58 valence electrons. The summed E-state index contributed by atoms with van der Waals surface area (Å²) in [5.74, 6) is -0.290. The van der Waals surface area contributed by atoms with Crippen LogP contribution in [0.4, 0.5) is 4.79 Å². The first-order valence-corrected chi connectivity index (χ1v) is 3.23. The van der Waals surface area contributed by atoms with Crippen molar-refractivity contribution >= 4 is 17.6 Å². The van der Waals surface area contributed by atoms with Crippen LogP contribution in [-0.2, 0) is 4.79 Å². The van der Waals surface area contributed by atoms with Crippen LogP contribution in [0.1, 0.15) is 12.8 Å². The lowest BCUT2D eigenvalue weighted by Gasteiger charge is -2.08. The van der Waals surface area contributed by atoms with Crippen molar-refractivity contribution in [3.05, 3.63) is 12.7 Å². The number of hydrogen-bond donors (Lipinski definition) is 1. The van der Waals surface area contributed by atoms with Crippen LogP contribution in [0.2, 0.25) is 0 Å². The molecule has 0 aliphatic carbocycles. The number of urea groups is 1. The molecule has 3 amide bonds. The molecule has 0 bridgehead atoms. The maximum absolute atomic E-state index is 10.7. The van der Waals surface area contributed by atoms with E-state index >= 15 is 0 Å². The Bertz CT molecular complexity index is 243. The topological polar surface area (TPSA) is 58.5 Å². The zero-order valence-electron chi connectivity index (χ0n) is 5.96. The minimum absolute atomic E-state index is 0.206. The van der Waals surface area contributed by atoms with Crippen LogP contribution in [0, 0.1) is 0 Å². The van der Waals surface area contributed by atoms with Gasteiger partial charge in [-0.2, -0.15) is 0 Å². The molecule has 4 nitrogen and oxygen atoms in total. The molecule has 0 saturated heterocycles. The lowest BCUT2D eigenvalue weighted by atomic mass is 10.2. The van der Waals surface area contributed by atoms with E-state index in [-0.39, 0.29) is 12.3 Å². The fourth-order valence-electron chi connectivity index (χ4n) is 0.844. The molecule has 1 aliphatic heterocycles. The molecule has 0 atom stereocenters. The van der Waals surface area contributed by atoms with Gasteiger partial charge in [-0.3, -0.25) is 10.1 Å². The van der Waals surface area contributed by atoms with Gasteiger partial charge in [0.25, 0.3) is 0 Å². The Labute approximate surface area is 64.0 Å². The SMILES string of the molecule is C=CCC1=NC(=O)NC(=O)C1. The van der Waals surface area contributed by atoms with Crippen molar-refractivity contribution in [2.75, 3.05) is 0 Å². The number of rotatable bonds is 2. The van der Waals surface area contributed by atoms with Gasteiger partial charge in [-0.15, -0.1) is 6.58 Å². The molecule has 0 aromatic heterocycles. The molecule has 1 rings (SSSR count). The van der Waals surface area contributed by atoms with Crippen molar-refractivity contribution in [1.29, 1.82) is 0 Å². The minimum atomic E-state index is -0.571. The summed E-state index contributed by atoms with van der Waals surface area (Å²) in [5.41, 5.74) is 0.578. The van der Waals surface area contributed by atoms with Gasteiger partial charge >= 0.3 is 6.03 Å². The van der Waals surface area contributed by atoms with E-state index in [1.807, 2.05) is 0 Å². The monoisotopic (exact) mass is 152 g/mol. The average molecular weight is 152 g/mol. The van der Waals surface area contributed by atoms with Crippen LogP contribution in [0.15, 0.2) is 17.6 Å². The molecule has 0 unspecified atom stereocenters. The fourth-order valence-corrected chi connectivity index (χ4v) is 0.844. The number of allylic oxidation sites excluding steroid dienone is 1. The molecule has 0 aromatic carbocycles. The number of hydrogen-bond acceptors (Lipinski definition) is 2. The molecule has 0 spiro atoms. The molecule has 0 aromatic rings. The van der Waals surface area contributed by atoms with Gasteiger partial charge in [0, 0.05) is 12.1 Å². The summed E-state index contributed by atoms with van der Waals surface area (Å²) >= 11 is 0. The number of carbonyl (C=O) groups is 2. The summed E-state index contributed by atoms with van der Waals surface area (Å²) in [7, 11) is 0. The van der Waals surface area contributed by atoms with Crippen LogP contribution in [-0.4, -0.2) is 17.6 Å². The zero-order valence-corrected chi connectivity index (χ0v) is 5.96. The van der Waals surface area contributed by atoms with Crippen LogP contribution in [0.5, 0.6) is 0 Å². The maximum atomic E-state index is 10.7. The standard InChI is InChI=1S/C7H8N2O2/c1-2-3-5-4-6(10)9-7(11)8-5/h2H,1,3-4H2,(H,9,10,11). The first-order chi connectivity index (χ1) is 5.22. The van der Waals surface area contributed by atoms with E-state index in [1.54, 1.807) is 6.08 Å². The van der Waals surface area contributed by atoms with Gasteiger partial charge in [0.15, 0.2) is 0 Å². The second kappa shape index (κ2) is 3.09. The average Bonchev–Trinajstić information content (AvgIpc) is 1.85. The largest absolute Gasteiger partial charge is 0.347 e. The number of nitrogens with one attached hydrogen (secondary N) is 1. The van der Waals surface area contributed by atoms with Crippen molar-refractivity contribution < 1.29 is 9.59 Å². The highest BCUT2D eigenvalue weighted by atomic mass is 16.2. The quantitative estimate of drug-likeness (QED) is 0.590. The molecule has 0 fully saturated rings. The van der Waals surface area contributed by atoms with E-state index in [1.165, 1.54) is 0 Å². The lowest BCUT2D eigenvalue weighted by Crippen LogP contribution is -2.34. The third kappa shape index (κ3) is 2.00. The van der Waals surface area contributed by atoms with Crippen molar-refractivity contribution in [1.82, 2.24) is 5.32 Å². The van der Waals surface area contributed by atoms with E-state index in [0.29, 0.717) is 12.1 Å². The molecule has 1 heterocycles. The maximum Gasteiger partial charge on any atom is 0.347 e. The Morgan fingerprint density at radius 2 is 2.36 bits per heavy atom. The van der Waals surface area contributed by atoms with Gasteiger partial charge < -0.3 is 0 Å². The first-order valence-electron chi connectivity index (χ1n) is 3.23. The van der Waals surface area contributed by atoms with E-state index in [0.717, 1.165) is 0 Å². The summed E-state index contributed by atoms with van der Waals surface area (Å²) in [6.07, 6.45) is 2.32. The van der Waals surface area contributed by atoms with E-state index in [2.05, 4.69) is 16.9 Å². The Morgan fingerprint density at radius 1 is 1.64 bits per heavy atom. The van der Waals surface area contributed by atoms with Crippen molar-refractivity contribution in [2.24, 2.45) is 4.99 Å². The number of nitrogens with zero attached hydrogens (tertiary/aromatic N) is 1. The molecule has 0 saturated carbocycles. The molecular formula is C7H8N2O2. The Morgan fingerprint density at radius 3 is 2.91 bits per heavy atom. The molecule has 0 radical (unpaired) electrons. The summed E-state index contributed by atoms with van der Waals surface area (Å²) in [6, 6.07) is -0.571. The predicted octanol–water partition coefficient (Wildman–Crippen LogP) is 0.643.